The van der Waals surface area contributed by atoms with Gasteiger partial charge in [0.1, 0.15) is 12.2 Å². The maximum atomic E-state index is 12.5. The van der Waals surface area contributed by atoms with Crippen LogP contribution in [0.15, 0.2) is 12.2 Å². The summed E-state index contributed by atoms with van der Waals surface area (Å²) in [7, 11) is 0. The lowest BCUT2D eigenvalue weighted by Gasteiger charge is -2.37. The number of rotatable bonds is 9. The predicted molar refractivity (Wildman–Crippen MR) is 106 cm³/mol. The molecule has 174 valence electrons. The first-order valence-corrected chi connectivity index (χ1v) is 11.0. The molecule has 0 aromatic rings. The molecule has 0 amide bonds. The van der Waals surface area contributed by atoms with E-state index in [1.165, 1.54) is 0 Å². The van der Waals surface area contributed by atoms with Crippen molar-refractivity contribution in [3.8, 4) is 0 Å². The van der Waals surface area contributed by atoms with Gasteiger partial charge in [0.15, 0.2) is 0 Å². The number of hydrogen-bond donors (Lipinski definition) is 0. The van der Waals surface area contributed by atoms with Crippen molar-refractivity contribution >= 4 is 23.9 Å². The van der Waals surface area contributed by atoms with Crippen molar-refractivity contribution in [2.75, 3.05) is 0 Å². The molecule has 0 atom stereocenters. The van der Waals surface area contributed by atoms with Crippen molar-refractivity contribution in [3.63, 3.8) is 0 Å². The zero-order valence-electron chi connectivity index (χ0n) is 18.4. The molecule has 2 rings (SSSR count). The summed E-state index contributed by atoms with van der Waals surface area (Å²) in [4.78, 5) is 48.5. The molecule has 31 heavy (non-hydrogen) atoms. The van der Waals surface area contributed by atoms with Gasteiger partial charge in [-0.1, -0.05) is 20.4 Å². The molecular formula is C23H32O8-2. The second-order valence-corrected chi connectivity index (χ2v) is 9.23. The highest BCUT2D eigenvalue weighted by molar-refractivity contribution is 5.99. The van der Waals surface area contributed by atoms with Gasteiger partial charge in [-0.05, 0) is 68.8 Å². The SMILES string of the molecule is C=C(C(=O)[O-])C(CC(=O)OC1CCC(C)CC1)(CC(=O)OC1CCC(C)CC1)C(=O)[O-]. The first-order valence-electron chi connectivity index (χ1n) is 11.0. The van der Waals surface area contributed by atoms with Gasteiger partial charge in [0.2, 0.25) is 0 Å². The Morgan fingerprint density at radius 1 is 0.774 bits per heavy atom. The minimum Gasteiger partial charge on any atom is -0.549 e. The number of esters is 2. The molecule has 2 fully saturated rings. The number of carboxylic acid groups (broad SMARTS) is 2. The fourth-order valence-electron chi connectivity index (χ4n) is 4.38. The van der Waals surface area contributed by atoms with E-state index in [1.807, 2.05) is 0 Å². The van der Waals surface area contributed by atoms with Crippen molar-refractivity contribution in [2.24, 2.45) is 17.3 Å². The summed E-state index contributed by atoms with van der Waals surface area (Å²) in [6.45, 7) is 7.47. The van der Waals surface area contributed by atoms with E-state index in [0.29, 0.717) is 37.5 Å². The van der Waals surface area contributed by atoms with Crippen LogP contribution in [0.5, 0.6) is 0 Å². The molecule has 8 nitrogen and oxygen atoms in total. The van der Waals surface area contributed by atoms with E-state index in [1.54, 1.807) is 0 Å². The fraction of sp³-hybridized carbons (Fsp3) is 0.739. The number of carboxylic acids is 2. The van der Waals surface area contributed by atoms with Gasteiger partial charge in [-0.15, -0.1) is 0 Å². The molecule has 0 saturated heterocycles. The highest BCUT2D eigenvalue weighted by Gasteiger charge is 2.42. The highest BCUT2D eigenvalue weighted by Crippen LogP contribution is 2.37. The van der Waals surface area contributed by atoms with E-state index in [9.17, 15) is 29.4 Å². The predicted octanol–water partition coefficient (Wildman–Crippen LogP) is 1.05. The van der Waals surface area contributed by atoms with E-state index in [-0.39, 0.29) is 12.2 Å². The normalized spacial score (nSPS) is 28.1. The standard InChI is InChI=1S/C23H34O8/c1-14-4-8-17(9-5-14)30-19(24)12-23(22(28)29,16(3)21(26)27)13-20(25)31-18-10-6-15(2)7-11-18/h14-15,17-18H,3-13H2,1-2H3,(H,26,27)(H,28,29)/p-2. The molecule has 0 unspecified atom stereocenters. The van der Waals surface area contributed by atoms with Crippen molar-refractivity contribution in [1.29, 1.82) is 0 Å². The van der Waals surface area contributed by atoms with E-state index in [4.69, 9.17) is 9.47 Å². The first-order chi connectivity index (χ1) is 14.5. The van der Waals surface area contributed by atoms with Crippen LogP contribution in [0.2, 0.25) is 0 Å². The van der Waals surface area contributed by atoms with Crippen LogP contribution in [-0.2, 0) is 28.7 Å². The summed E-state index contributed by atoms with van der Waals surface area (Å²) >= 11 is 0. The molecule has 2 saturated carbocycles. The Balaban J connectivity index is 2.11. The van der Waals surface area contributed by atoms with Crippen molar-refractivity contribution < 1.29 is 38.9 Å². The van der Waals surface area contributed by atoms with E-state index in [2.05, 4.69) is 20.4 Å². The molecule has 0 radical (unpaired) electrons. The smallest absolute Gasteiger partial charge is 0.307 e. The number of aliphatic carboxylic acids is 2. The summed E-state index contributed by atoms with van der Waals surface area (Å²) < 4.78 is 10.8. The lowest BCUT2D eigenvalue weighted by Crippen LogP contribution is -2.50. The zero-order valence-corrected chi connectivity index (χ0v) is 18.4. The Kier molecular flexibility index (Phi) is 8.65. The Morgan fingerprint density at radius 2 is 1.13 bits per heavy atom. The monoisotopic (exact) mass is 436 g/mol. The van der Waals surface area contributed by atoms with E-state index >= 15 is 0 Å². The van der Waals surface area contributed by atoms with Crippen molar-refractivity contribution in [2.45, 2.75) is 90.3 Å². The average Bonchev–Trinajstić information content (AvgIpc) is 2.70. The average molecular weight is 437 g/mol. The van der Waals surface area contributed by atoms with Gasteiger partial charge in [0.05, 0.1) is 30.2 Å². The maximum absolute atomic E-state index is 12.5. The maximum Gasteiger partial charge on any atom is 0.307 e. The van der Waals surface area contributed by atoms with Crippen LogP contribution in [0.1, 0.15) is 78.1 Å². The quantitative estimate of drug-likeness (QED) is 0.387. The largest absolute Gasteiger partial charge is 0.549 e. The third kappa shape index (κ3) is 6.80. The Morgan fingerprint density at radius 3 is 1.42 bits per heavy atom. The Hall–Kier alpha value is -2.38. The third-order valence-corrected chi connectivity index (χ3v) is 6.63. The van der Waals surface area contributed by atoms with Gasteiger partial charge >= 0.3 is 11.9 Å². The molecular weight excluding hydrogens is 404 g/mol. The van der Waals surface area contributed by atoms with Crippen LogP contribution < -0.4 is 10.2 Å². The lowest BCUT2D eigenvalue weighted by molar-refractivity contribution is -0.322. The molecule has 0 spiro atoms. The second-order valence-electron chi connectivity index (χ2n) is 9.23. The lowest BCUT2D eigenvalue weighted by atomic mass is 9.74. The van der Waals surface area contributed by atoms with Crippen LogP contribution in [0, 0.1) is 17.3 Å². The van der Waals surface area contributed by atoms with Gasteiger partial charge in [-0.25, -0.2) is 0 Å². The van der Waals surface area contributed by atoms with Crippen LogP contribution in [0.25, 0.3) is 0 Å². The molecule has 0 N–H and O–H groups in total. The van der Waals surface area contributed by atoms with Gasteiger partial charge in [0, 0.05) is 0 Å². The number of carbonyl (C=O) groups is 4. The van der Waals surface area contributed by atoms with E-state index < -0.39 is 47.7 Å². The molecule has 8 heteroatoms. The van der Waals surface area contributed by atoms with Crippen LogP contribution in [0.3, 0.4) is 0 Å². The minimum atomic E-state index is -2.49. The van der Waals surface area contributed by atoms with Gasteiger partial charge in [0.25, 0.3) is 0 Å². The molecule has 0 aromatic carbocycles. The molecule has 2 aliphatic carbocycles. The summed E-state index contributed by atoms with van der Waals surface area (Å²) in [6, 6.07) is 0. The molecule has 0 heterocycles. The second kappa shape index (κ2) is 10.8. The summed E-state index contributed by atoms with van der Waals surface area (Å²) in [5, 5.41) is 23.5. The van der Waals surface area contributed by atoms with Crippen LogP contribution in [-0.4, -0.2) is 36.1 Å². The van der Waals surface area contributed by atoms with Gasteiger partial charge in [-0.3, -0.25) is 9.59 Å². The zero-order chi connectivity index (χ0) is 23.2. The van der Waals surface area contributed by atoms with Crippen molar-refractivity contribution in [3.05, 3.63) is 12.2 Å². The van der Waals surface area contributed by atoms with Gasteiger partial charge in [-0.2, -0.15) is 0 Å². The molecule has 2 aliphatic rings. The minimum absolute atomic E-state index is 0.365. The number of hydrogen-bond acceptors (Lipinski definition) is 8. The highest BCUT2D eigenvalue weighted by atomic mass is 16.5. The Bertz CT molecular complexity index is 658. The van der Waals surface area contributed by atoms with Crippen LogP contribution >= 0.6 is 0 Å². The number of carbonyl (C=O) groups excluding carboxylic acids is 4. The molecule has 0 aromatic heterocycles. The van der Waals surface area contributed by atoms with E-state index in [0.717, 1.165) is 25.7 Å². The number of ether oxygens (including phenoxy) is 2. The summed E-state index contributed by atoms with van der Waals surface area (Å²) in [5.74, 6) is -4.55. The third-order valence-electron chi connectivity index (χ3n) is 6.63. The van der Waals surface area contributed by atoms with Crippen LogP contribution in [0.4, 0.5) is 0 Å². The fourth-order valence-corrected chi connectivity index (χ4v) is 4.38. The molecule has 0 bridgehead atoms. The molecule has 0 aliphatic heterocycles. The first kappa shape index (κ1) is 24.9. The topological polar surface area (TPSA) is 133 Å². The van der Waals surface area contributed by atoms with Crippen molar-refractivity contribution in [1.82, 2.24) is 0 Å². The van der Waals surface area contributed by atoms with Gasteiger partial charge < -0.3 is 29.3 Å². The Labute approximate surface area is 183 Å². The summed E-state index contributed by atoms with van der Waals surface area (Å²) in [6.07, 6.45) is 3.60. The summed E-state index contributed by atoms with van der Waals surface area (Å²) in [5.41, 5.74) is -3.40.